The van der Waals surface area contributed by atoms with Crippen LogP contribution in [-0.4, -0.2) is 10.1 Å². The molecule has 0 N–H and O–H groups in total. The van der Waals surface area contributed by atoms with Gasteiger partial charge in [0.15, 0.2) is 0 Å². The van der Waals surface area contributed by atoms with Gasteiger partial charge < -0.3 is 4.52 Å². The maximum atomic E-state index is 4.99. The van der Waals surface area contributed by atoms with Crippen LogP contribution in [0.5, 0.6) is 0 Å². The monoisotopic (exact) mass is 232 g/mol. The van der Waals surface area contributed by atoms with Crippen LogP contribution in [0.2, 0.25) is 0 Å². The smallest absolute Gasteiger partial charge is 0.238 e. The number of rotatable bonds is 3. The zero-order valence-electron chi connectivity index (χ0n) is 7.59. The first-order chi connectivity index (χ1) is 5.53. The Balaban J connectivity index is 2.63. The second-order valence-electron chi connectivity index (χ2n) is 3.65. The molecule has 0 saturated carbocycles. The fourth-order valence-electron chi connectivity index (χ4n) is 0.840. The van der Waals surface area contributed by atoms with Gasteiger partial charge in [-0.2, -0.15) is 4.98 Å². The van der Waals surface area contributed by atoms with E-state index in [-0.39, 0.29) is 5.41 Å². The first-order valence-electron chi connectivity index (χ1n) is 4.01. The Morgan fingerprint density at radius 3 is 2.58 bits per heavy atom. The van der Waals surface area contributed by atoms with Crippen molar-refractivity contribution in [3.05, 3.63) is 10.6 Å². The number of hydrogen-bond donors (Lipinski definition) is 0. The summed E-state index contributed by atoms with van der Waals surface area (Å²) >= 11 is 3.15. The number of hydrogen-bond acceptors (Lipinski definition) is 3. The van der Waals surface area contributed by atoms with Gasteiger partial charge in [-0.25, -0.2) is 0 Å². The van der Waals surface area contributed by atoms with E-state index in [1.54, 1.807) is 0 Å². The van der Waals surface area contributed by atoms with Gasteiger partial charge in [-0.3, -0.25) is 0 Å². The van der Waals surface area contributed by atoms with Gasteiger partial charge in [0.25, 0.3) is 0 Å². The number of aromatic nitrogens is 2. The Morgan fingerprint density at radius 2 is 2.17 bits per heavy atom. The predicted molar refractivity (Wildman–Crippen MR) is 49.8 cm³/mol. The van der Waals surface area contributed by atoms with Gasteiger partial charge in [0.05, 0.1) is 0 Å². The van der Waals surface area contributed by atoms with E-state index < -0.39 is 0 Å². The van der Waals surface area contributed by atoms with Gasteiger partial charge in [-0.15, -0.1) is 0 Å². The predicted octanol–water partition coefficient (Wildman–Crippen LogP) is 2.81. The average Bonchev–Trinajstić information content (AvgIpc) is 2.35. The second kappa shape index (κ2) is 3.56. The Bertz CT molecular complexity index is 257. The van der Waals surface area contributed by atoms with E-state index in [4.69, 9.17) is 4.52 Å². The van der Waals surface area contributed by atoms with Crippen LogP contribution in [0.4, 0.5) is 0 Å². The summed E-state index contributed by atoms with van der Waals surface area (Å²) < 4.78 is 5.53. The molecule has 1 aromatic heterocycles. The van der Waals surface area contributed by atoms with Gasteiger partial charge >= 0.3 is 0 Å². The fraction of sp³-hybridized carbons (Fsp3) is 0.750. The molecule has 0 spiro atoms. The molecule has 68 valence electrons. The van der Waals surface area contributed by atoms with Crippen molar-refractivity contribution in [1.82, 2.24) is 10.1 Å². The van der Waals surface area contributed by atoms with Crippen LogP contribution >= 0.6 is 15.9 Å². The number of nitrogens with zero attached hydrogens (tertiary/aromatic N) is 2. The van der Waals surface area contributed by atoms with E-state index in [9.17, 15) is 0 Å². The zero-order chi connectivity index (χ0) is 9.19. The summed E-state index contributed by atoms with van der Waals surface area (Å²) in [5, 5.41) is 3.67. The molecule has 0 aromatic carbocycles. The Hall–Kier alpha value is -0.380. The molecule has 1 aromatic rings. The fourth-order valence-corrected chi connectivity index (χ4v) is 1.11. The summed E-state index contributed by atoms with van der Waals surface area (Å²) in [4.78, 5) is 4.08. The highest BCUT2D eigenvalue weighted by molar-refractivity contribution is 9.10. The first-order valence-corrected chi connectivity index (χ1v) is 4.81. The van der Waals surface area contributed by atoms with Crippen LogP contribution in [0.25, 0.3) is 0 Å². The molecule has 0 aliphatic rings. The third kappa shape index (κ3) is 2.59. The summed E-state index contributed by atoms with van der Waals surface area (Å²) in [6.45, 7) is 6.53. The minimum Gasteiger partial charge on any atom is -0.338 e. The van der Waals surface area contributed by atoms with Crippen LogP contribution < -0.4 is 0 Å². The molecule has 0 radical (unpaired) electrons. The Morgan fingerprint density at radius 1 is 1.50 bits per heavy atom. The van der Waals surface area contributed by atoms with Crippen molar-refractivity contribution in [2.75, 3.05) is 0 Å². The van der Waals surface area contributed by atoms with Crippen molar-refractivity contribution in [2.24, 2.45) is 5.41 Å². The van der Waals surface area contributed by atoms with Gasteiger partial charge in [0.1, 0.15) is 0 Å². The van der Waals surface area contributed by atoms with E-state index in [1.807, 2.05) is 0 Å². The molecular weight excluding hydrogens is 220 g/mol. The molecule has 0 amide bonds. The molecular formula is C8H13BrN2O. The van der Waals surface area contributed by atoms with Crippen molar-refractivity contribution in [1.29, 1.82) is 0 Å². The van der Waals surface area contributed by atoms with E-state index in [2.05, 4.69) is 46.8 Å². The second-order valence-corrected chi connectivity index (χ2v) is 4.36. The van der Waals surface area contributed by atoms with Crippen LogP contribution in [0.15, 0.2) is 9.26 Å². The minimum absolute atomic E-state index is 0.242. The van der Waals surface area contributed by atoms with E-state index >= 15 is 0 Å². The maximum Gasteiger partial charge on any atom is 0.238 e. The molecule has 4 heteroatoms. The van der Waals surface area contributed by atoms with E-state index in [1.165, 1.54) is 0 Å². The molecule has 0 saturated heterocycles. The first kappa shape index (κ1) is 9.71. The van der Waals surface area contributed by atoms with Crippen LogP contribution in [-0.2, 0) is 6.42 Å². The zero-order valence-corrected chi connectivity index (χ0v) is 9.18. The van der Waals surface area contributed by atoms with Crippen molar-refractivity contribution >= 4 is 15.9 Å². The Labute approximate surface area is 80.7 Å². The Kier molecular flexibility index (Phi) is 2.88. The molecule has 1 heterocycles. The average molecular weight is 233 g/mol. The molecule has 0 fully saturated rings. The summed E-state index contributed by atoms with van der Waals surface area (Å²) in [6, 6.07) is 0. The highest BCUT2D eigenvalue weighted by Gasteiger charge is 2.19. The van der Waals surface area contributed by atoms with Gasteiger partial charge in [0, 0.05) is 6.42 Å². The largest absolute Gasteiger partial charge is 0.338 e. The third-order valence-electron chi connectivity index (χ3n) is 2.03. The lowest BCUT2D eigenvalue weighted by Crippen LogP contribution is -2.13. The minimum atomic E-state index is 0.242. The molecule has 0 bridgehead atoms. The van der Waals surface area contributed by atoms with E-state index in [0.717, 1.165) is 12.8 Å². The molecule has 0 unspecified atom stereocenters. The standard InChI is InChI=1S/C8H13BrN2O/c1-4-8(2,3)5-6-10-7(9)11-12-6/h4-5H2,1-3H3. The lowest BCUT2D eigenvalue weighted by Gasteiger charge is -2.19. The van der Waals surface area contributed by atoms with Crippen LogP contribution in [0.3, 0.4) is 0 Å². The lowest BCUT2D eigenvalue weighted by atomic mass is 9.87. The molecule has 3 nitrogen and oxygen atoms in total. The maximum absolute atomic E-state index is 4.99. The summed E-state index contributed by atoms with van der Waals surface area (Å²) in [5.41, 5.74) is 0.242. The molecule has 0 aliphatic carbocycles. The third-order valence-corrected chi connectivity index (χ3v) is 2.35. The van der Waals surface area contributed by atoms with Crippen LogP contribution in [0.1, 0.15) is 33.1 Å². The molecule has 1 rings (SSSR count). The van der Waals surface area contributed by atoms with Crippen molar-refractivity contribution in [2.45, 2.75) is 33.6 Å². The topological polar surface area (TPSA) is 38.9 Å². The highest BCUT2D eigenvalue weighted by atomic mass is 79.9. The molecule has 12 heavy (non-hydrogen) atoms. The summed E-state index contributed by atoms with van der Waals surface area (Å²) in [6.07, 6.45) is 1.94. The van der Waals surface area contributed by atoms with Crippen molar-refractivity contribution < 1.29 is 4.52 Å². The SMILES string of the molecule is CCC(C)(C)Cc1nc(Br)no1. The van der Waals surface area contributed by atoms with Gasteiger partial charge in [0.2, 0.25) is 10.6 Å². The van der Waals surface area contributed by atoms with Crippen molar-refractivity contribution in [3.8, 4) is 0 Å². The normalized spacial score (nSPS) is 12.0. The highest BCUT2D eigenvalue weighted by Crippen LogP contribution is 2.24. The number of halogens is 1. The van der Waals surface area contributed by atoms with Gasteiger partial charge in [-0.05, 0) is 26.5 Å². The van der Waals surface area contributed by atoms with E-state index in [0.29, 0.717) is 10.6 Å². The van der Waals surface area contributed by atoms with Crippen LogP contribution in [0, 0.1) is 5.41 Å². The van der Waals surface area contributed by atoms with Crippen molar-refractivity contribution in [3.63, 3.8) is 0 Å². The molecule has 0 atom stereocenters. The molecule has 0 aliphatic heterocycles. The lowest BCUT2D eigenvalue weighted by molar-refractivity contribution is 0.285. The van der Waals surface area contributed by atoms with Gasteiger partial charge in [-0.1, -0.05) is 27.2 Å². The summed E-state index contributed by atoms with van der Waals surface area (Å²) in [5.74, 6) is 0.703. The quantitative estimate of drug-likeness (QED) is 0.805. The summed E-state index contributed by atoms with van der Waals surface area (Å²) in [7, 11) is 0.